The zero-order valence-corrected chi connectivity index (χ0v) is 10.9. The lowest BCUT2D eigenvalue weighted by molar-refractivity contribution is -0.122. The second-order valence-electron chi connectivity index (χ2n) is 5.22. The van der Waals surface area contributed by atoms with Crippen LogP contribution in [0.2, 0.25) is 0 Å². The van der Waals surface area contributed by atoms with Crippen LogP contribution in [-0.2, 0) is 4.79 Å². The van der Waals surface area contributed by atoms with E-state index in [1.165, 1.54) is 12.8 Å². The summed E-state index contributed by atoms with van der Waals surface area (Å²) in [7, 11) is 0. The van der Waals surface area contributed by atoms with Crippen molar-refractivity contribution in [1.82, 2.24) is 5.32 Å². The van der Waals surface area contributed by atoms with Gasteiger partial charge in [0.15, 0.2) is 0 Å². The Labute approximate surface area is 99.6 Å². The molecule has 3 atom stereocenters. The monoisotopic (exact) mass is 271 g/mol. The zero-order chi connectivity index (χ0) is 11.1. The summed E-state index contributed by atoms with van der Waals surface area (Å²) in [5, 5.41) is 3.03. The van der Waals surface area contributed by atoms with E-state index in [1.54, 1.807) is 0 Å². The lowest BCUT2D eigenvalue weighted by Gasteiger charge is -2.21. The Hall–Kier alpha value is -0.310. The average Bonchev–Trinajstić information content (AvgIpc) is 2.73. The molecule has 3 heteroatoms. The van der Waals surface area contributed by atoms with Gasteiger partial charge in [-0.1, -0.05) is 28.1 Å². The standard InChI is InChI=1S/C12H18BrNO/c1-12(2,13)11(15)14-7-10-6-8-3-4-9(10)5-8/h3-4,8-10H,5-7H2,1-2H3,(H,14,15). The minimum atomic E-state index is -0.444. The topological polar surface area (TPSA) is 29.1 Å². The Balaban J connectivity index is 1.80. The predicted molar refractivity (Wildman–Crippen MR) is 64.9 cm³/mol. The number of amides is 1. The lowest BCUT2D eigenvalue weighted by Crippen LogP contribution is -2.40. The van der Waals surface area contributed by atoms with E-state index in [9.17, 15) is 4.79 Å². The highest BCUT2D eigenvalue weighted by Crippen LogP contribution is 2.42. The molecule has 0 aliphatic heterocycles. The van der Waals surface area contributed by atoms with Crippen molar-refractivity contribution in [1.29, 1.82) is 0 Å². The Morgan fingerprint density at radius 2 is 2.20 bits per heavy atom. The number of carbonyl (C=O) groups excluding carboxylic acids is 1. The van der Waals surface area contributed by atoms with Gasteiger partial charge in [0, 0.05) is 6.54 Å². The molecule has 0 aromatic rings. The third-order valence-corrected chi connectivity index (χ3v) is 3.84. The smallest absolute Gasteiger partial charge is 0.236 e. The van der Waals surface area contributed by atoms with Gasteiger partial charge in [0.05, 0.1) is 4.32 Å². The maximum Gasteiger partial charge on any atom is 0.236 e. The van der Waals surface area contributed by atoms with Gasteiger partial charge in [0.1, 0.15) is 0 Å². The highest BCUT2D eigenvalue weighted by atomic mass is 79.9. The molecule has 1 fully saturated rings. The summed E-state index contributed by atoms with van der Waals surface area (Å²) < 4.78 is -0.444. The summed E-state index contributed by atoms with van der Waals surface area (Å²) in [6.07, 6.45) is 7.21. The molecule has 2 rings (SSSR count). The fraction of sp³-hybridized carbons (Fsp3) is 0.750. The van der Waals surface area contributed by atoms with E-state index in [0.717, 1.165) is 12.5 Å². The van der Waals surface area contributed by atoms with Crippen molar-refractivity contribution < 1.29 is 4.79 Å². The molecule has 1 N–H and O–H groups in total. The minimum Gasteiger partial charge on any atom is -0.355 e. The number of nitrogens with one attached hydrogen (secondary N) is 1. The maximum atomic E-state index is 11.7. The molecule has 2 aliphatic carbocycles. The van der Waals surface area contributed by atoms with Crippen molar-refractivity contribution in [3.05, 3.63) is 12.2 Å². The first-order valence-corrected chi connectivity index (χ1v) is 6.41. The first-order chi connectivity index (χ1) is 6.97. The number of allylic oxidation sites excluding steroid dienone is 2. The second-order valence-corrected chi connectivity index (χ2v) is 7.21. The largest absolute Gasteiger partial charge is 0.355 e. The minimum absolute atomic E-state index is 0.0919. The van der Waals surface area contributed by atoms with E-state index in [2.05, 4.69) is 33.4 Å². The molecule has 15 heavy (non-hydrogen) atoms. The summed E-state index contributed by atoms with van der Waals surface area (Å²) in [6.45, 7) is 4.59. The molecule has 0 saturated heterocycles. The van der Waals surface area contributed by atoms with Gasteiger partial charge in [-0.3, -0.25) is 4.79 Å². The van der Waals surface area contributed by atoms with Gasteiger partial charge in [-0.15, -0.1) is 0 Å². The molecule has 0 aromatic heterocycles. The third kappa shape index (κ3) is 2.44. The number of alkyl halides is 1. The van der Waals surface area contributed by atoms with Crippen LogP contribution in [0.1, 0.15) is 26.7 Å². The summed E-state index contributed by atoms with van der Waals surface area (Å²) >= 11 is 3.37. The van der Waals surface area contributed by atoms with E-state index in [4.69, 9.17) is 0 Å². The highest BCUT2D eigenvalue weighted by Gasteiger charge is 2.36. The highest BCUT2D eigenvalue weighted by molar-refractivity contribution is 9.10. The molecule has 0 spiro atoms. The van der Waals surface area contributed by atoms with Crippen molar-refractivity contribution >= 4 is 21.8 Å². The lowest BCUT2D eigenvalue weighted by atomic mass is 9.93. The number of hydrogen-bond donors (Lipinski definition) is 1. The predicted octanol–water partition coefficient (Wildman–Crippen LogP) is 2.49. The number of halogens is 1. The molecule has 0 radical (unpaired) electrons. The zero-order valence-electron chi connectivity index (χ0n) is 9.29. The van der Waals surface area contributed by atoms with E-state index in [0.29, 0.717) is 11.8 Å². The van der Waals surface area contributed by atoms with Gasteiger partial charge < -0.3 is 5.32 Å². The molecule has 84 valence electrons. The maximum absolute atomic E-state index is 11.7. The van der Waals surface area contributed by atoms with Crippen molar-refractivity contribution in [3.8, 4) is 0 Å². The molecule has 2 aliphatic rings. The normalized spacial score (nSPS) is 33.4. The average molecular weight is 272 g/mol. The summed E-state index contributed by atoms with van der Waals surface area (Å²) in [6, 6.07) is 0. The quantitative estimate of drug-likeness (QED) is 0.620. The van der Waals surface area contributed by atoms with Gasteiger partial charge in [-0.05, 0) is 44.4 Å². The fourth-order valence-electron chi connectivity index (χ4n) is 2.56. The molecular formula is C12H18BrNO. The molecule has 1 amide bonds. The van der Waals surface area contributed by atoms with E-state index in [1.807, 2.05) is 13.8 Å². The first kappa shape index (κ1) is 11.2. The molecule has 3 unspecified atom stereocenters. The second kappa shape index (κ2) is 3.93. The van der Waals surface area contributed by atoms with Crippen LogP contribution in [-0.4, -0.2) is 16.8 Å². The molecule has 1 saturated carbocycles. The molecule has 0 aromatic carbocycles. The van der Waals surface area contributed by atoms with Crippen molar-refractivity contribution in [2.24, 2.45) is 17.8 Å². The number of fused-ring (bicyclic) bond motifs is 2. The number of carbonyl (C=O) groups is 1. The molecule has 2 nitrogen and oxygen atoms in total. The van der Waals surface area contributed by atoms with Gasteiger partial charge in [0.25, 0.3) is 0 Å². The molecule has 2 bridgehead atoms. The Morgan fingerprint density at radius 1 is 1.47 bits per heavy atom. The van der Waals surface area contributed by atoms with Crippen LogP contribution in [0.25, 0.3) is 0 Å². The first-order valence-electron chi connectivity index (χ1n) is 5.62. The summed E-state index contributed by atoms with van der Waals surface area (Å²) in [5.74, 6) is 2.26. The van der Waals surface area contributed by atoms with Gasteiger partial charge in [0.2, 0.25) is 5.91 Å². The Morgan fingerprint density at radius 3 is 2.67 bits per heavy atom. The van der Waals surface area contributed by atoms with Crippen LogP contribution >= 0.6 is 15.9 Å². The summed E-state index contributed by atoms with van der Waals surface area (Å²) in [4.78, 5) is 11.7. The van der Waals surface area contributed by atoms with Crippen LogP contribution in [0.3, 0.4) is 0 Å². The Bertz CT molecular complexity index is 292. The number of hydrogen-bond acceptors (Lipinski definition) is 1. The van der Waals surface area contributed by atoms with Crippen LogP contribution < -0.4 is 5.32 Å². The van der Waals surface area contributed by atoms with Gasteiger partial charge in [-0.2, -0.15) is 0 Å². The van der Waals surface area contributed by atoms with Gasteiger partial charge >= 0.3 is 0 Å². The van der Waals surface area contributed by atoms with Crippen molar-refractivity contribution in [2.45, 2.75) is 31.0 Å². The molecule has 0 heterocycles. The van der Waals surface area contributed by atoms with Gasteiger partial charge in [-0.25, -0.2) is 0 Å². The van der Waals surface area contributed by atoms with Crippen molar-refractivity contribution in [3.63, 3.8) is 0 Å². The van der Waals surface area contributed by atoms with E-state index < -0.39 is 4.32 Å². The van der Waals surface area contributed by atoms with Crippen LogP contribution in [0.5, 0.6) is 0 Å². The van der Waals surface area contributed by atoms with E-state index in [-0.39, 0.29) is 5.91 Å². The third-order valence-electron chi connectivity index (χ3n) is 3.48. The Kier molecular flexibility index (Phi) is 2.93. The molecular weight excluding hydrogens is 254 g/mol. The van der Waals surface area contributed by atoms with E-state index >= 15 is 0 Å². The SMILES string of the molecule is CC(C)(Br)C(=O)NCC1CC2C=CC1C2. The van der Waals surface area contributed by atoms with Crippen LogP contribution in [0.15, 0.2) is 12.2 Å². The van der Waals surface area contributed by atoms with Crippen molar-refractivity contribution in [2.75, 3.05) is 6.54 Å². The number of rotatable bonds is 3. The summed E-state index contributed by atoms with van der Waals surface area (Å²) in [5.41, 5.74) is 0. The van der Waals surface area contributed by atoms with Crippen LogP contribution in [0.4, 0.5) is 0 Å². The fourth-order valence-corrected chi connectivity index (χ4v) is 2.70. The van der Waals surface area contributed by atoms with Crippen LogP contribution in [0, 0.1) is 17.8 Å².